The molecule has 5 rings (SSSR count). The first kappa shape index (κ1) is 18.4. The van der Waals surface area contributed by atoms with Gasteiger partial charge in [-0.3, -0.25) is 9.25 Å². The summed E-state index contributed by atoms with van der Waals surface area (Å²) < 4.78 is 9.17. The molecule has 1 aromatic carbocycles. The molecule has 10 nitrogen and oxygen atoms in total. The zero-order valence-electron chi connectivity index (χ0n) is 16.7. The maximum absolute atomic E-state index is 5.91. The Morgan fingerprint density at radius 1 is 1.20 bits per heavy atom. The second kappa shape index (κ2) is 7.64. The van der Waals surface area contributed by atoms with Crippen LogP contribution in [0.1, 0.15) is 5.56 Å². The van der Waals surface area contributed by atoms with Gasteiger partial charge in [0.05, 0.1) is 25.1 Å². The van der Waals surface area contributed by atoms with E-state index in [4.69, 9.17) is 20.4 Å². The fourth-order valence-corrected chi connectivity index (χ4v) is 3.53. The number of imidazole rings is 1. The van der Waals surface area contributed by atoms with Crippen LogP contribution in [-0.2, 0) is 18.3 Å². The standard InChI is InChI=1S/C20H23N9O/c1-27-12-16(11-24-27)29-13-23-17-18(22-10-14-3-2-4-15(21)9-14)25-20(26-19(17)29)28-5-7-30-8-6-28/h2-4,9,11-13H,5-8,10,21H2,1H3,(H,22,25,26). The Morgan fingerprint density at radius 3 is 2.83 bits per heavy atom. The van der Waals surface area contributed by atoms with Crippen LogP contribution >= 0.6 is 0 Å². The average Bonchev–Trinajstić information content (AvgIpc) is 3.38. The Labute approximate surface area is 173 Å². The van der Waals surface area contributed by atoms with E-state index >= 15 is 0 Å². The van der Waals surface area contributed by atoms with Crippen molar-refractivity contribution < 1.29 is 4.74 Å². The van der Waals surface area contributed by atoms with Gasteiger partial charge in [0.1, 0.15) is 6.33 Å². The molecular formula is C20H23N9O. The van der Waals surface area contributed by atoms with Gasteiger partial charge in [-0.15, -0.1) is 0 Å². The summed E-state index contributed by atoms with van der Waals surface area (Å²) in [5.74, 6) is 1.35. The van der Waals surface area contributed by atoms with Gasteiger partial charge in [0.2, 0.25) is 5.95 Å². The van der Waals surface area contributed by atoms with Gasteiger partial charge >= 0.3 is 0 Å². The number of aryl methyl sites for hydroxylation is 1. The molecule has 1 aliphatic rings. The van der Waals surface area contributed by atoms with Crippen molar-refractivity contribution in [3.63, 3.8) is 0 Å². The highest BCUT2D eigenvalue weighted by Gasteiger charge is 2.20. The van der Waals surface area contributed by atoms with E-state index in [1.807, 2.05) is 42.1 Å². The molecule has 1 saturated heterocycles. The lowest BCUT2D eigenvalue weighted by Gasteiger charge is -2.27. The number of rotatable bonds is 5. The van der Waals surface area contributed by atoms with Crippen molar-refractivity contribution in [3.8, 4) is 5.69 Å². The van der Waals surface area contributed by atoms with Crippen molar-refractivity contribution >= 4 is 28.6 Å². The normalized spacial score (nSPS) is 14.4. The quantitative estimate of drug-likeness (QED) is 0.481. The van der Waals surface area contributed by atoms with Crippen LogP contribution in [-0.4, -0.2) is 55.6 Å². The zero-order valence-corrected chi connectivity index (χ0v) is 16.7. The monoisotopic (exact) mass is 405 g/mol. The summed E-state index contributed by atoms with van der Waals surface area (Å²) in [4.78, 5) is 16.4. The Hall–Kier alpha value is -3.66. The van der Waals surface area contributed by atoms with Crippen molar-refractivity contribution in [2.45, 2.75) is 6.54 Å². The maximum atomic E-state index is 5.91. The molecule has 0 spiro atoms. The van der Waals surface area contributed by atoms with E-state index in [9.17, 15) is 0 Å². The number of nitrogens with one attached hydrogen (secondary N) is 1. The zero-order chi connectivity index (χ0) is 20.5. The predicted molar refractivity (Wildman–Crippen MR) is 115 cm³/mol. The number of nitrogens with two attached hydrogens (primary N) is 1. The van der Waals surface area contributed by atoms with Gasteiger partial charge in [0.25, 0.3) is 0 Å². The number of anilines is 3. The number of benzene rings is 1. The SMILES string of the molecule is Cn1cc(-n2cnc3c(NCc4cccc(N)c4)nc(N4CCOCC4)nc32)cn1. The van der Waals surface area contributed by atoms with Crippen LogP contribution in [0.3, 0.4) is 0 Å². The van der Waals surface area contributed by atoms with Crippen molar-refractivity contribution in [2.75, 3.05) is 42.3 Å². The van der Waals surface area contributed by atoms with Crippen LogP contribution in [0, 0.1) is 0 Å². The molecular weight excluding hydrogens is 382 g/mol. The molecule has 1 fully saturated rings. The van der Waals surface area contributed by atoms with Gasteiger partial charge in [0.15, 0.2) is 17.0 Å². The average molecular weight is 405 g/mol. The molecule has 0 aliphatic carbocycles. The van der Waals surface area contributed by atoms with E-state index < -0.39 is 0 Å². The third-order valence-electron chi connectivity index (χ3n) is 5.06. The summed E-state index contributed by atoms with van der Waals surface area (Å²) in [7, 11) is 1.88. The Morgan fingerprint density at radius 2 is 2.07 bits per heavy atom. The molecule has 0 atom stereocenters. The summed E-state index contributed by atoms with van der Waals surface area (Å²) >= 11 is 0. The Bertz CT molecular complexity index is 1180. The lowest BCUT2D eigenvalue weighted by Crippen LogP contribution is -2.37. The number of fused-ring (bicyclic) bond motifs is 1. The summed E-state index contributed by atoms with van der Waals surface area (Å²) in [6.07, 6.45) is 5.47. The van der Waals surface area contributed by atoms with Crippen molar-refractivity contribution in [1.82, 2.24) is 29.3 Å². The van der Waals surface area contributed by atoms with E-state index in [0.29, 0.717) is 37.0 Å². The van der Waals surface area contributed by atoms with Crippen molar-refractivity contribution in [2.24, 2.45) is 7.05 Å². The molecule has 0 unspecified atom stereocenters. The molecule has 154 valence electrons. The molecule has 0 saturated carbocycles. The van der Waals surface area contributed by atoms with Crippen LogP contribution in [0.2, 0.25) is 0 Å². The van der Waals surface area contributed by atoms with Crippen LogP contribution < -0.4 is 16.0 Å². The number of hydrogen-bond donors (Lipinski definition) is 2. The summed E-state index contributed by atoms with van der Waals surface area (Å²) in [5, 5.41) is 7.69. The molecule has 3 aromatic heterocycles. The molecule has 0 bridgehead atoms. The first-order chi connectivity index (χ1) is 14.7. The number of ether oxygens (including phenoxy) is 1. The second-order valence-corrected chi connectivity index (χ2v) is 7.23. The minimum atomic E-state index is 0.583. The van der Waals surface area contributed by atoms with Gasteiger partial charge in [0, 0.05) is 38.6 Å². The second-order valence-electron chi connectivity index (χ2n) is 7.23. The van der Waals surface area contributed by atoms with Gasteiger partial charge in [-0.2, -0.15) is 15.1 Å². The summed E-state index contributed by atoms with van der Waals surface area (Å²) in [6, 6.07) is 7.79. The highest BCUT2D eigenvalue weighted by atomic mass is 16.5. The van der Waals surface area contributed by atoms with Crippen LogP contribution in [0.15, 0.2) is 43.0 Å². The van der Waals surface area contributed by atoms with Gasteiger partial charge in [-0.05, 0) is 17.7 Å². The highest BCUT2D eigenvalue weighted by Crippen LogP contribution is 2.26. The van der Waals surface area contributed by atoms with Gasteiger partial charge in [-0.25, -0.2) is 4.98 Å². The molecule has 10 heteroatoms. The third-order valence-corrected chi connectivity index (χ3v) is 5.06. The van der Waals surface area contributed by atoms with E-state index in [-0.39, 0.29) is 0 Å². The first-order valence-corrected chi connectivity index (χ1v) is 9.82. The summed E-state index contributed by atoms with van der Waals surface area (Å²) in [5.41, 5.74) is 10.1. The number of nitrogen functional groups attached to an aromatic ring is 1. The number of morpholine rings is 1. The molecule has 4 aromatic rings. The number of nitrogens with zero attached hydrogens (tertiary/aromatic N) is 7. The third kappa shape index (κ3) is 3.52. The Balaban J connectivity index is 1.56. The van der Waals surface area contributed by atoms with E-state index in [0.717, 1.165) is 35.7 Å². The summed E-state index contributed by atoms with van der Waals surface area (Å²) in [6.45, 7) is 3.41. The molecule has 1 aliphatic heterocycles. The lowest BCUT2D eigenvalue weighted by atomic mass is 10.2. The van der Waals surface area contributed by atoms with Crippen molar-refractivity contribution in [1.29, 1.82) is 0 Å². The largest absolute Gasteiger partial charge is 0.399 e. The van der Waals surface area contributed by atoms with E-state index in [1.165, 1.54) is 0 Å². The molecule has 4 heterocycles. The number of hydrogen-bond acceptors (Lipinski definition) is 8. The molecule has 0 amide bonds. The molecule has 3 N–H and O–H groups in total. The predicted octanol–water partition coefficient (Wildman–Crippen LogP) is 1.58. The molecule has 30 heavy (non-hydrogen) atoms. The Kier molecular flexibility index (Phi) is 4.68. The highest BCUT2D eigenvalue weighted by molar-refractivity contribution is 5.85. The minimum Gasteiger partial charge on any atom is -0.399 e. The van der Waals surface area contributed by atoms with Crippen molar-refractivity contribution in [3.05, 3.63) is 48.5 Å². The van der Waals surface area contributed by atoms with Gasteiger partial charge < -0.3 is 20.7 Å². The number of aromatic nitrogens is 6. The van der Waals surface area contributed by atoms with Gasteiger partial charge in [-0.1, -0.05) is 12.1 Å². The van der Waals surface area contributed by atoms with Crippen LogP contribution in [0.25, 0.3) is 16.9 Å². The minimum absolute atomic E-state index is 0.583. The smallest absolute Gasteiger partial charge is 0.229 e. The van der Waals surface area contributed by atoms with E-state index in [2.05, 4.69) is 20.3 Å². The topological polar surface area (TPSA) is 112 Å². The fraction of sp³-hybridized carbons (Fsp3) is 0.300. The van der Waals surface area contributed by atoms with Crippen LogP contribution in [0.5, 0.6) is 0 Å². The lowest BCUT2D eigenvalue weighted by molar-refractivity contribution is 0.122. The van der Waals surface area contributed by atoms with E-state index in [1.54, 1.807) is 17.2 Å². The maximum Gasteiger partial charge on any atom is 0.229 e. The molecule has 0 radical (unpaired) electrons. The van der Waals surface area contributed by atoms with Crippen LogP contribution in [0.4, 0.5) is 17.5 Å². The fourth-order valence-electron chi connectivity index (χ4n) is 3.53. The first-order valence-electron chi connectivity index (χ1n) is 9.82.